The maximum absolute atomic E-state index is 11.0. The first-order valence-corrected chi connectivity index (χ1v) is 4.46. The number of hydrogen-bond donors (Lipinski definition) is 0. The Kier molecular flexibility index (Phi) is 2.60. The Morgan fingerprint density at radius 3 is 2.80 bits per heavy atom. The number of carbonyl (C=O) groups is 1. The molecule has 1 fully saturated rings. The zero-order valence-electron chi connectivity index (χ0n) is 6.29. The Hall–Kier alpha value is -0.180. The minimum absolute atomic E-state index is 0.0359. The van der Waals surface area contributed by atoms with Crippen molar-refractivity contribution in [2.24, 2.45) is 11.8 Å². The molecule has 1 aliphatic heterocycles. The van der Waals surface area contributed by atoms with Gasteiger partial charge in [-0.25, -0.2) is 0 Å². The number of carbonyl (C=O) groups excluding carboxylic acids is 1. The molecule has 1 atom stereocenters. The van der Waals surface area contributed by atoms with E-state index in [9.17, 15) is 4.79 Å². The summed E-state index contributed by atoms with van der Waals surface area (Å²) in [5.41, 5.74) is 0. The van der Waals surface area contributed by atoms with Gasteiger partial charge in [0.2, 0.25) is 0 Å². The first-order valence-electron chi connectivity index (χ1n) is 3.55. The van der Waals surface area contributed by atoms with Gasteiger partial charge in [-0.3, -0.25) is 4.79 Å². The Balaban J connectivity index is 2.48. The zero-order chi connectivity index (χ0) is 7.56. The molecule has 0 saturated carbocycles. The Morgan fingerprint density at radius 2 is 2.40 bits per heavy atom. The molecule has 1 aliphatic rings. The average Bonchev–Trinajstić information content (AvgIpc) is 1.88. The Labute approximate surface area is 65.5 Å². The van der Waals surface area contributed by atoms with Crippen LogP contribution in [0.2, 0.25) is 0 Å². The molecule has 0 N–H and O–H groups in total. The molecule has 3 heteroatoms. The van der Waals surface area contributed by atoms with Gasteiger partial charge in [-0.15, -0.1) is 0 Å². The van der Waals surface area contributed by atoms with Gasteiger partial charge in [-0.2, -0.15) is 0 Å². The lowest BCUT2D eigenvalue weighted by atomic mass is 9.93. The van der Waals surface area contributed by atoms with Crippen LogP contribution in [-0.2, 0) is 8.98 Å². The summed E-state index contributed by atoms with van der Waals surface area (Å²) in [6.07, 6.45) is 0.973. The van der Waals surface area contributed by atoms with Crippen molar-refractivity contribution in [3.05, 3.63) is 0 Å². The Bertz CT molecular complexity index is 134. The van der Waals surface area contributed by atoms with Crippen molar-refractivity contribution in [1.29, 1.82) is 0 Å². The average molecular weight is 160 g/mol. The lowest BCUT2D eigenvalue weighted by Crippen LogP contribution is -2.25. The molecule has 58 valence electrons. The van der Waals surface area contributed by atoms with E-state index in [2.05, 4.69) is 13.8 Å². The van der Waals surface area contributed by atoms with E-state index in [-0.39, 0.29) is 11.9 Å². The summed E-state index contributed by atoms with van der Waals surface area (Å²) in [6.45, 7) is 4.11. The van der Waals surface area contributed by atoms with Crippen LogP contribution in [-0.4, -0.2) is 11.7 Å². The van der Waals surface area contributed by atoms with E-state index in [4.69, 9.17) is 4.18 Å². The minimum atomic E-state index is -0.0359. The van der Waals surface area contributed by atoms with Gasteiger partial charge in [-0.05, 0) is 12.3 Å². The van der Waals surface area contributed by atoms with Crippen LogP contribution < -0.4 is 0 Å². The van der Waals surface area contributed by atoms with E-state index < -0.39 is 0 Å². The highest BCUT2D eigenvalue weighted by Gasteiger charge is 2.27. The fourth-order valence-corrected chi connectivity index (χ4v) is 1.73. The fraction of sp³-hybridized carbons (Fsp3) is 0.857. The largest absolute Gasteiger partial charge is 0.391 e. The summed E-state index contributed by atoms with van der Waals surface area (Å²) in [6, 6.07) is 0. The lowest BCUT2D eigenvalue weighted by Gasteiger charge is -2.21. The molecule has 0 aromatic carbocycles. The van der Waals surface area contributed by atoms with Gasteiger partial charge < -0.3 is 4.18 Å². The van der Waals surface area contributed by atoms with Crippen LogP contribution in [0, 0.1) is 11.8 Å². The van der Waals surface area contributed by atoms with Crippen LogP contribution in [0.3, 0.4) is 0 Å². The van der Waals surface area contributed by atoms with E-state index in [1.165, 1.54) is 12.0 Å². The third-order valence-corrected chi connectivity index (χ3v) is 2.45. The van der Waals surface area contributed by atoms with Crippen LogP contribution in [0.15, 0.2) is 0 Å². The normalized spacial score (nSPS) is 26.7. The van der Waals surface area contributed by atoms with Crippen molar-refractivity contribution in [2.45, 2.75) is 20.3 Å². The second-order valence-corrected chi connectivity index (χ2v) is 3.67. The van der Waals surface area contributed by atoms with Gasteiger partial charge in [-0.1, -0.05) is 13.8 Å². The van der Waals surface area contributed by atoms with Crippen molar-refractivity contribution >= 4 is 18.0 Å². The second-order valence-electron chi connectivity index (χ2n) is 2.86. The molecule has 1 rings (SSSR count). The van der Waals surface area contributed by atoms with E-state index in [1.807, 2.05) is 0 Å². The van der Waals surface area contributed by atoms with Crippen LogP contribution >= 0.6 is 12.0 Å². The van der Waals surface area contributed by atoms with Crippen molar-refractivity contribution in [2.75, 3.05) is 5.75 Å². The molecule has 0 spiro atoms. The van der Waals surface area contributed by atoms with Crippen LogP contribution in [0.5, 0.6) is 0 Å². The molecule has 0 bridgehead atoms. The summed E-state index contributed by atoms with van der Waals surface area (Å²) >= 11 is 1.27. The van der Waals surface area contributed by atoms with E-state index in [0.29, 0.717) is 5.92 Å². The third-order valence-electron chi connectivity index (χ3n) is 1.76. The summed E-state index contributed by atoms with van der Waals surface area (Å²) in [4.78, 5) is 11.0. The maximum atomic E-state index is 11.0. The van der Waals surface area contributed by atoms with Gasteiger partial charge in [0.05, 0.1) is 18.0 Å². The number of hydrogen-bond acceptors (Lipinski definition) is 3. The fourth-order valence-electron chi connectivity index (χ4n) is 1.06. The van der Waals surface area contributed by atoms with Crippen LogP contribution in [0.4, 0.5) is 0 Å². The summed E-state index contributed by atoms with van der Waals surface area (Å²) in [7, 11) is 0. The highest BCUT2D eigenvalue weighted by molar-refractivity contribution is 7.95. The van der Waals surface area contributed by atoms with Crippen molar-refractivity contribution in [3.8, 4) is 0 Å². The molecule has 0 amide bonds. The molecule has 0 aromatic rings. The van der Waals surface area contributed by atoms with Gasteiger partial charge in [0, 0.05) is 5.75 Å². The molecule has 1 unspecified atom stereocenters. The molecule has 0 aliphatic carbocycles. The quantitative estimate of drug-likeness (QED) is 0.548. The number of rotatable bonds is 1. The van der Waals surface area contributed by atoms with Gasteiger partial charge >= 0.3 is 5.97 Å². The van der Waals surface area contributed by atoms with Crippen LogP contribution in [0.25, 0.3) is 0 Å². The molecule has 1 saturated heterocycles. The van der Waals surface area contributed by atoms with Gasteiger partial charge in [0.25, 0.3) is 0 Å². The minimum Gasteiger partial charge on any atom is -0.391 e. The smallest absolute Gasteiger partial charge is 0.321 e. The highest BCUT2D eigenvalue weighted by Crippen LogP contribution is 2.26. The summed E-state index contributed by atoms with van der Waals surface area (Å²) < 4.78 is 4.83. The molecule has 10 heavy (non-hydrogen) atoms. The molecule has 2 nitrogen and oxygen atoms in total. The summed E-state index contributed by atoms with van der Waals surface area (Å²) in [5, 5.41) is 0. The first kappa shape index (κ1) is 7.92. The zero-order valence-corrected chi connectivity index (χ0v) is 7.11. The van der Waals surface area contributed by atoms with Crippen LogP contribution in [0.1, 0.15) is 20.3 Å². The molecule has 0 radical (unpaired) electrons. The third kappa shape index (κ3) is 1.66. The predicted molar refractivity (Wildman–Crippen MR) is 41.5 cm³/mol. The molecular formula is C7H12O2S. The predicted octanol–water partition coefficient (Wildman–Crippen LogP) is 1.85. The van der Waals surface area contributed by atoms with Gasteiger partial charge in [0.15, 0.2) is 0 Å². The summed E-state index contributed by atoms with van der Waals surface area (Å²) in [5.74, 6) is 1.48. The maximum Gasteiger partial charge on any atom is 0.321 e. The standard InChI is InChI=1S/C7H12O2S/c1-5(2)6-3-4-10-9-7(6)8/h5-6H,3-4H2,1-2H3. The molecule has 0 aromatic heterocycles. The molecular weight excluding hydrogens is 148 g/mol. The van der Waals surface area contributed by atoms with Crippen molar-refractivity contribution < 1.29 is 8.98 Å². The SMILES string of the molecule is CC(C)C1CCSOC1=O. The first-order chi connectivity index (χ1) is 4.72. The van der Waals surface area contributed by atoms with Crippen molar-refractivity contribution in [3.63, 3.8) is 0 Å². The Morgan fingerprint density at radius 1 is 1.70 bits per heavy atom. The van der Waals surface area contributed by atoms with E-state index in [1.54, 1.807) is 0 Å². The van der Waals surface area contributed by atoms with Gasteiger partial charge in [0.1, 0.15) is 0 Å². The highest BCUT2D eigenvalue weighted by atomic mass is 32.2. The topological polar surface area (TPSA) is 26.3 Å². The lowest BCUT2D eigenvalue weighted by molar-refractivity contribution is -0.139. The van der Waals surface area contributed by atoms with E-state index >= 15 is 0 Å². The van der Waals surface area contributed by atoms with Crippen molar-refractivity contribution in [1.82, 2.24) is 0 Å². The monoisotopic (exact) mass is 160 g/mol. The molecule has 1 heterocycles. The van der Waals surface area contributed by atoms with E-state index in [0.717, 1.165) is 12.2 Å². The second kappa shape index (κ2) is 3.28.